The van der Waals surface area contributed by atoms with Crippen LogP contribution in [-0.4, -0.2) is 69.4 Å². The summed E-state index contributed by atoms with van der Waals surface area (Å²) in [7, 11) is 5.43. The predicted octanol–water partition coefficient (Wildman–Crippen LogP) is 2.34. The van der Waals surface area contributed by atoms with E-state index in [0.717, 1.165) is 24.3 Å². The van der Waals surface area contributed by atoms with Crippen molar-refractivity contribution >= 4 is 6.03 Å². The molecule has 1 atom stereocenters. The molecule has 0 saturated carbocycles. The highest BCUT2D eigenvalue weighted by molar-refractivity contribution is 5.74. The summed E-state index contributed by atoms with van der Waals surface area (Å²) in [5.41, 5.74) is 1.04. The number of carbonyl (C=O) groups is 1. The number of benzene rings is 1. The van der Waals surface area contributed by atoms with Crippen LogP contribution in [0.1, 0.15) is 24.8 Å². The molecule has 1 aromatic carbocycles. The van der Waals surface area contributed by atoms with Crippen molar-refractivity contribution in [3.05, 3.63) is 29.8 Å². The molecule has 0 bridgehead atoms. The molecule has 0 unspecified atom stereocenters. The van der Waals surface area contributed by atoms with Gasteiger partial charge in [-0.3, -0.25) is 0 Å². The predicted molar refractivity (Wildman–Crippen MR) is 98.9 cm³/mol. The molecule has 6 nitrogen and oxygen atoms in total. The number of amides is 2. The van der Waals surface area contributed by atoms with Crippen molar-refractivity contribution in [2.24, 2.45) is 0 Å². The first-order chi connectivity index (χ1) is 12.1. The highest BCUT2D eigenvalue weighted by Crippen LogP contribution is 2.16. The summed E-state index contributed by atoms with van der Waals surface area (Å²) >= 11 is 0. The largest absolute Gasteiger partial charge is 0.497 e. The summed E-state index contributed by atoms with van der Waals surface area (Å²) in [5, 5.41) is 3.10. The van der Waals surface area contributed by atoms with Gasteiger partial charge >= 0.3 is 6.03 Å². The van der Waals surface area contributed by atoms with Crippen LogP contribution in [0.5, 0.6) is 5.75 Å². The van der Waals surface area contributed by atoms with Gasteiger partial charge < -0.3 is 24.6 Å². The van der Waals surface area contributed by atoms with E-state index in [4.69, 9.17) is 9.47 Å². The number of likely N-dealkylation sites (tertiary alicyclic amines) is 1. The van der Waals surface area contributed by atoms with Crippen molar-refractivity contribution in [1.82, 2.24) is 15.1 Å². The van der Waals surface area contributed by atoms with Crippen LogP contribution in [0, 0.1) is 0 Å². The van der Waals surface area contributed by atoms with Crippen LogP contribution < -0.4 is 10.1 Å². The lowest BCUT2D eigenvalue weighted by molar-refractivity contribution is 0.140. The molecule has 1 fully saturated rings. The van der Waals surface area contributed by atoms with Gasteiger partial charge in [0.05, 0.1) is 13.7 Å². The number of rotatable bonds is 8. The molecule has 140 valence electrons. The average Bonchev–Trinajstić information content (AvgIpc) is 2.64. The van der Waals surface area contributed by atoms with Gasteiger partial charge in [-0.05, 0) is 44.1 Å². The summed E-state index contributed by atoms with van der Waals surface area (Å²) in [6.45, 7) is 3.41. The van der Waals surface area contributed by atoms with E-state index in [0.29, 0.717) is 32.3 Å². The molecule has 1 saturated heterocycles. The zero-order valence-corrected chi connectivity index (χ0v) is 15.7. The number of ether oxygens (including phenoxy) is 2. The third kappa shape index (κ3) is 6.21. The maximum Gasteiger partial charge on any atom is 0.317 e. The summed E-state index contributed by atoms with van der Waals surface area (Å²) in [4.78, 5) is 16.8. The molecule has 25 heavy (non-hydrogen) atoms. The number of hydrogen-bond donors (Lipinski definition) is 1. The minimum Gasteiger partial charge on any atom is -0.497 e. The number of carbonyl (C=O) groups excluding carboxylic acids is 1. The van der Waals surface area contributed by atoms with E-state index in [1.807, 2.05) is 24.3 Å². The number of piperidine rings is 1. The Morgan fingerprint density at radius 3 is 2.92 bits per heavy atom. The third-order valence-corrected chi connectivity index (χ3v) is 4.77. The topological polar surface area (TPSA) is 54.0 Å². The molecule has 0 aromatic heterocycles. The Balaban J connectivity index is 1.93. The lowest BCUT2D eigenvalue weighted by Crippen LogP contribution is -2.48. The van der Waals surface area contributed by atoms with Crippen molar-refractivity contribution in [3.8, 4) is 5.75 Å². The molecule has 0 spiro atoms. The monoisotopic (exact) mass is 349 g/mol. The Morgan fingerprint density at radius 2 is 2.20 bits per heavy atom. The zero-order valence-electron chi connectivity index (χ0n) is 15.7. The van der Waals surface area contributed by atoms with Gasteiger partial charge in [0.15, 0.2) is 0 Å². The molecule has 6 heteroatoms. The molecule has 2 rings (SSSR count). The molecular weight excluding hydrogens is 318 g/mol. The fraction of sp³-hybridized carbons (Fsp3) is 0.632. The van der Waals surface area contributed by atoms with Gasteiger partial charge in [-0.1, -0.05) is 18.6 Å². The van der Waals surface area contributed by atoms with Gasteiger partial charge in [0.1, 0.15) is 5.75 Å². The number of hydrogen-bond acceptors (Lipinski definition) is 4. The Morgan fingerprint density at radius 1 is 1.36 bits per heavy atom. The maximum atomic E-state index is 12.7. The van der Waals surface area contributed by atoms with Gasteiger partial charge in [-0.25, -0.2) is 4.79 Å². The Labute approximate surface area is 151 Å². The number of methoxy groups -OCH3 is 2. The van der Waals surface area contributed by atoms with Gasteiger partial charge in [-0.15, -0.1) is 0 Å². The molecule has 1 aliphatic rings. The van der Waals surface area contributed by atoms with E-state index in [1.54, 1.807) is 19.1 Å². The van der Waals surface area contributed by atoms with E-state index in [2.05, 4.69) is 17.3 Å². The summed E-state index contributed by atoms with van der Waals surface area (Å²) in [6, 6.07) is 8.20. The van der Waals surface area contributed by atoms with Crippen LogP contribution in [0.25, 0.3) is 0 Å². The maximum absolute atomic E-state index is 12.7. The van der Waals surface area contributed by atoms with Crippen molar-refractivity contribution in [1.29, 1.82) is 0 Å². The first-order valence-corrected chi connectivity index (χ1v) is 8.99. The first-order valence-electron chi connectivity index (χ1n) is 8.99. The molecule has 1 heterocycles. The van der Waals surface area contributed by atoms with Crippen LogP contribution in [-0.2, 0) is 11.3 Å². The summed E-state index contributed by atoms with van der Waals surface area (Å²) in [5.74, 6) is 0.799. The number of nitrogens with one attached hydrogen (secondary N) is 1. The van der Waals surface area contributed by atoms with E-state index < -0.39 is 0 Å². The second-order valence-corrected chi connectivity index (χ2v) is 6.58. The minimum atomic E-state index is -0.0427. The highest BCUT2D eigenvalue weighted by atomic mass is 16.5. The SMILES string of the molecule is COCCN(Cc1cccc(OC)c1)C(=O)NC[C@H]1CCCCN1C. The standard InChI is InChI=1S/C19H31N3O3/c1-21-10-5-4-8-17(21)14-20-19(23)22(11-12-24-2)15-16-7-6-9-18(13-16)25-3/h6-7,9,13,17H,4-5,8,10-12,14-15H2,1-3H3,(H,20,23)/t17-/m1/s1. The summed E-state index contributed by atoms with van der Waals surface area (Å²) in [6.07, 6.45) is 3.63. The smallest absolute Gasteiger partial charge is 0.317 e. The van der Waals surface area contributed by atoms with Gasteiger partial charge in [0.25, 0.3) is 0 Å². The van der Waals surface area contributed by atoms with Crippen LogP contribution in [0.4, 0.5) is 4.79 Å². The van der Waals surface area contributed by atoms with E-state index in [9.17, 15) is 4.79 Å². The quantitative estimate of drug-likeness (QED) is 0.783. The molecule has 1 aromatic rings. The second-order valence-electron chi connectivity index (χ2n) is 6.58. The molecular formula is C19H31N3O3. The van der Waals surface area contributed by atoms with E-state index in [1.165, 1.54) is 12.8 Å². The van der Waals surface area contributed by atoms with Crippen LogP contribution in [0.15, 0.2) is 24.3 Å². The van der Waals surface area contributed by atoms with Crippen LogP contribution >= 0.6 is 0 Å². The average molecular weight is 349 g/mol. The highest BCUT2D eigenvalue weighted by Gasteiger charge is 2.21. The Kier molecular flexibility index (Phi) is 8.01. The van der Waals surface area contributed by atoms with E-state index >= 15 is 0 Å². The van der Waals surface area contributed by atoms with Crippen LogP contribution in [0.2, 0.25) is 0 Å². The van der Waals surface area contributed by atoms with Crippen molar-refractivity contribution in [2.45, 2.75) is 31.8 Å². The minimum absolute atomic E-state index is 0.0427. The zero-order chi connectivity index (χ0) is 18.1. The first kappa shape index (κ1) is 19.5. The van der Waals surface area contributed by atoms with Gasteiger partial charge in [0, 0.05) is 32.8 Å². The normalized spacial score (nSPS) is 18.0. The Bertz CT molecular complexity index is 538. The van der Waals surface area contributed by atoms with Crippen molar-refractivity contribution < 1.29 is 14.3 Å². The molecule has 1 N–H and O–H groups in total. The number of nitrogens with zero attached hydrogens (tertiary/aromatic N) is 2. The van der Waals surface area contributed by atoms with Crippen LogP contribution in [0.3, 0.4) is 0 Å². The summed E-state index contributed by atoms with van der Waals surface area (Å²) < 4.78 is 10.4. The fourth-order valence-electron chi connectivity index (χ4n) is 3.16. The number of urea groups is 1. The lowest BCUT2D eigenvalue weighted by Gasteiger charge is -2.33. The molecule has 0 radical (unpaired) electrons. The fourth-order valence-corrected chi connectivity index (χ4v) is 3.16. The Hall–Kier alpha value is -1.79. The van der Waals surface area contributed by atoms with Crippen molar-refractivity contribution in [3.63, 3.8) is 0 Å². The third-order valence-electron chi connectivity index (χ3n) is 4.77. The van der Waals surface area contributed by atoms with Crippen molar-refractivity contribution in [2.75, 3.05) is 47.5 Å². The molecule has 1 aliphatic heterocycles. The van der Waals surface area contributed by atoms with Gasteiger partial charge in [0.2, 0.25) is 0 Å². The molecule has 2 amide bonds. The molecule has 0 aliphatic carbocycles. The number of likely N-dealkylation sites (N-methyl/N-ethyl adjacent to an activating group) is 1. The van der Waals surface area contributed by atoms with E-state index in [-0.39, 0.29) is 6.03 Å². The lowest BCUT2D eigenvalue weighted by atomic mass is 10.0. The second kappa shape index (κ2) is 10.3. The van der Waals surface area contributed by atoms with Gasteiger partial charge in [-0.2, -0.15) is 0 Å².